The number of rotatable bonds is 7. The van der Waals surface area contributed by atoms with Gasteiger partial charge in [-0.1, -0.05) is 50.5 Å². The van der Waals surface area contributed by atoms with E-state index in [9.17, 15) is 4.79 Å². The Morgan fingerprint density at radius 3 is 2.53 bits per heavy atom. The Labute approximate surface area is 197 Å². The molecule has 0 aliphatic heterocycles. The molecular formula is C25H30BrN3O3. The van der Waals surface area contributed by atoms with E-state index in [4.69, 9.17) is 9.47 Å². The molecule has 0 radical (unpaired) electrons. The van der Waals surface area contributed by atoms with Crippen molar-refractivity contribution in [2.24, 2.45) is 10.5 Å². The standard InChI is InChI=1S/C25H30BrN3O3/c1-7-31-22-12-17(8-11-21(22)32-15-25(4,5)6)14-27-29-23(16(2)3)28-20-10-9-18(26)13-19(20)24(29)30/h8-14,16H,7,15H2,1-6H3. The van der Waals surface area contributed by atoms with Crippen molar-refractivity contribution in [2.75, 3.05) is 13.2 Å². The van der Waals surface area contributed by atoms with Gasteiger partial charge in [0.25, 0.3) is 5.56 Å². The molecule has 0 N–H and O–H groups in total. The first-order valence-electron chi connectivity index (χ1n) is 10.8. The molecule has 7 heteroatoms. The van der Waals surface area contributed by atoms with E-state index in [0.717, 1.165) is 10.0 Å². The number of nitrogens with zero attached hydrogens (tertiary/aromatic N) is 3. The molecular weight excluding hydrogens is 470 g/mol. The normalized spacial score (nSPS) is 12.1. The fourth-order valence-electron chi connectivity index (χ4n) is 3.06. The second-order valence-corrected chi connectivity index (χ2v) is 10.1. The molecule has 0 aliphatic rings. The highest BCUT2D eigenvalue weighted by atomic mass is 79.9. The maximum atomic E-state index is 13.2. The molecule has 0 bridgehead atoms. The van der Waals surface area contributed by atoms with Crippen molar-refractivity contribution in [1.82, 2.24) is 9.66 Å². The van der Waals surface area contributed by atoms with E-state index in [1.54, 1.807) is 12.3 Å². The van der Waals surface area contributed by atoms with Crippen LogP contribution in [0.25, 0.3) is 10.9 Å². The zero-order valence-electron chi connectivity index (χ0n) is 19.5. The van der Waals surface area contributed by atoms with Gasteiger partial charge in [-0.3, -0.25) is 4.79 Å². The Morgan fingerprint density at radius 1 is 1.12 bits per heavy atom. The van der Waals surface area contributed by atoms with Crippen LogP contribution in [-0.4, -0.2) is 29.1 Å². The van der Waals surface area contributed by atoms with Gasteiger partial charge in [-0.15, -0.1) is 0 Å². The summed E-state index contributed by atoms with van der Waals surface area (Å²) in [6.45, 7) is 13.4. The number of benzene rings is 2. The van der Waals surface area contributed by atoms with Crippen LogP contribution in [0.15, 0.2) is 50.8 Å². The third-order valence-corrected chi connectivity index (χ3v) is 5.09. The first-order chi connectivity index (χ1) is 15.1. The molecule has 2 aromatic carbocycles. The maximum absolute atomic E-state index is 13.2. The Kier molecular flexibility index (Phi) is 7.39. The minimum Gasteiger partial charge on any atom is -0.490 e. The molecule has 0 fully saturated rings. The Hall–Kier alpha value is -2.67. The molecule has 0 aliphatic carbocycles. The van der Waals surface area contributed by atoms with Crippen LogP contribution in [0.2, 0.25) is 0 Å². The number of ether oxygens (including phenoxy) is 2. The molecule has 0 unspecified atom stereocenters. The predicted molar refractivity (Wildman–Crippen MR) is 133 cm³/mol. The number of fused-ring (bicyclic) bond motifs is 1. The third kappa shape index (κ3) is 5.76. The van der Waals surface area contributed by atoms with E-state index in [1.165, 1.54) is 4.68 Å². The van der Waals surface area contributed by atoms with Crippen molar-refractivity contribution in [3.8, 4) is 11.5 Å². The summed E-state index contributed by atoms with van der Waals surface area (Å²) in [5, 5.41) is 5.01. The second kappa shape index (κ2) is 9.86. The first-order valence-corrected chi connectivity index (χ1v) is 11.5. The lowest BCUT2D eigenvalue weighted by molar-refractivity contribution is 0.188. The zero-order chi connectivity index (χ0) is 23.5. The molecule has 0 atom stereocenters. The van der Waals surface area contributed by atoms with Crippen molar-refractivity contribution in [1.29, 1.82) is 0 Å². The molecule has 3 aromatic rings. The summed E-state index contributed by atoms with van der Waals surface area (Å²) in [5.41, 5.74) is 1.29. The molecule has 0 saturated carbocycles. The summed E-state index contributed by atoms with van der Waals surface area (Å²) in [5.74, 6) is 1.98. The Balaban J connectivity index is 2.01. The summed E-state index contributed by atoms with van der Waals surface area (Å²) >= 11 is 3.43. The van der Waals surface area contributed by atoms with Crippen LogP contribution in [-0.2, 0) is 0 Å². The van der Waals surface area contributed by atoms with Crippen molar-refractivity contribution < 1.29 is 9.47 Å². The van der Waals surface area contributed by atoms with Crippen molar-refractivity contribution in [3.05, 3.63) is 62.6 Å². The topological polar surface area (TPSA) is 65.7 Å². The smallest absolute Gasteiger partial charge is 0.282 e. The van der Waals surface area contributed by atoms with Crippen LogP contribution < -0.4 is 15.0 Å². The van der Waals surface area contributed by atoms with Crippen LogP contribution in [0.3, 0.4) is 0 Å². The van der Waals surface area contributed by atoms with Crippen molar-refractivity contribution in [3.63, 3.8) is 0 Å². The lowest BCUT2D eigenvalue weighted by atomic mass is 9.99. The minimum atomic E-state index is -0.202. The van der Waals surface area contributed by atoms with Gasteiger partial charge >= 0.3 is 0 Å². The fraction of sp³-hybridized carbons (Fsp3) is 0.400. The summed E-state index contributed by atoms with van der Waals surface area (Å²) in [7, 11) is 0. The third-order valence-electron chi connectivity index (χ3n) is 4.60. The van der Waals surface area contributed by atoms with E-state index >= 15 is 0 Å². The summed E-state index contributed by atoms with van der Waals surface area (Å²) in [6.07, 6.45) is 1.65. The Morgan fingerprint density at radius 2 is 1.88 bits per heavy atom. The van der Waals surface area contributed by atoms with Gasteiger partial charge in [0.1, 0.15) is 5.82 Å². The van der Waals surface area contributed by atoms with Gasteiger partial charge < -0.3 is 9.47 Å². The second-order valence-electron chi connectivity index (χ2n) is 9.14. The van der Waals surface area contributed by atoms with E-state index in [2.05, 4.69) is 46.8 Å². The average Bonchev–Trinajstić information content (AvgIpc) is 2.72. The fourth-order valence-corrected chi connectivity index (χ4v) is 3.42. The first kappa shape index (κ1) is 24.0. The molecule has 0 amide bonds. The van der Waals surface area contributed by atoms with Gasteiger partial charge in [-0.05, 0) is 54.3 Å². The molecule has 3 rings (SSSR count). The predicted octanol–water partition coefficient (Wildman–Crippen LogP) is 5.99. The highest BCUT2D eigenvalue weighted by Crippen LogP contribution is 2.30. The molecule has 1 aromatic heterocycles. The largest absolute Gasteiger partial charge is 0.490 e. The van der Waals surface area contributed by atoms with Crippen LogP contribution in [0, 0.1) is 5.41 Å². The maximum Gasteiger partial charge on any atom is 0.282 e. The van der Waals surface area contributed by atoms with Crippen molar-refractivity contribution in [2.45, 2.75) is 47.5 Å². The number of halogens is 1. The van der Waals surface area contributed by atoms with Crippen LogP contribution in [0.5, 0.6) is 11.5 Å². The monoisotopic (exact) mass is 499 g/mol. The lowest BCUT2D eigenvalue weighted by Gasteiger charge is -2.20. The molecule has 6 nitrogen and oxygen atoms in total. The minimum absolute atomic E-state index is 0.0278. The molecule has 170 valence electrons. The van der Waals surface area contributed by atoms with Gasteiger partial charge in [0, 0.05) is 10.4 Å². The van der Waals surface area contributed by atoms with Gasteiger partial charge in [-0.25, -0.2) is 4.98 Å². The zero-order valence-corrected chi connectivity index (χ0v) is 21.1. The van der Waals surface area contributed by atoms with Crippen LogP contribution in [0.4, 0.5) is 0 Å². The quantitative estimate of drug-likeness (QED) is 0.374. The van der Waals surface area contributed by atoms with Gasteiger partial charge in [0.15, 0.2) is 11.5 Å². The number of hydrogen-bond acceptors (Lipinski definition) is 5. The summed E-state index contributed by atoms with van der Waals surface area (Å²) < 4.78 is 13.9. The number of hydrogen-bond donors (Lipinski definition) is 0. The van der Waals surface area contributed by atoms with E-state index < -0.39 is 0 Å². The summed E-state index contributed by atoms with van der Waals surface area (Å²) in [6, 6.07) is 11.1. The van der Waals surface area contributed by atoms with Crippen molar-refractivity contribution >= 4 is 33.0 Å². The highest BCUT2D eigenvalue weighted by Gasteiger charge is 2.15. The van der Waals surface area contributed by atoms with Gasteiger partial charge in [-0.2, -0.15) is 9.78 Å². The molecule has 0 spiro atoms. The van der Waals surface area contributed by atoms with Gasteiger partial charge in [0.2, 0.25) is 0 Å². The van der Waals surface area contributed by atoms with E-state index in [-0.39, 0.29) is 16.9 Å². The Bertz CT molecular complexity index is 1190. The van der Waals surface area contributed by atoms with Crippen LogP contribution in [0.1, 0.15) is 58.8 Å². The SMILES string of the molecule is CCOc1cc(C=Nn2c(C(C)C)nc3ccc(Br)cc3c2=O)ccc1OCC(C)(C)C. The van der Waals surface area contributed by atoms with E-state index in [1.807, 2.05) is 51.1 Å². The van der Waals surface area contributed by atoms with E-state index in [0.29, 0.717) is 41.4 Å². The van der Waals surface area contributed by atoms with Gasteiger partial charge in [0.05, 0.1) is 30.3 Å². The molecule has 32 heavy (non-hydrogen) atoms. The lowest BCUT2D eigenvalue weighted by Crippen LogP contribution is -2.23. The number of aromatic nitrogens is 2. The molecule has 1 heterocycles. The van der Waals surface area contributed by atoms with Crippen LogP contribution >= 0.6 is 15.9 Å². The summed E-state index contributed by atoms with van der Waals surface area (Å²) in [4.78, 5) is 17.9. The molecule has 0 saturated heterocycles. The highest BCUT2D eigenvalue weighted by molar-refractivity contribution is 9.10. The average molecular weight is 500 g/mol.